The standard InChI is InChI=1S/C22H43N3O2.HI/c1-3-23-21(25-19-22(13-10-14-22)15-18-26-2)24-16-8-9-17-27-20-11-6-4-5-7-12-20;/h20H,3-19H2,1-2H3,(H2,23,24,25);1H. The summed E-state index contributed by atoms with van der Waals surface area (Å²) >= 11 is 0. The lowest BCUT2D eigenvalue weighted by Gasteiger charge is -2.40. The van der Waals surface area contributed by atoms with Crippen molar-refractivity contribution in [1.29, 1.82) is 0 Å². The van der Waals surface area contributed by atoms with Crippen LogP contribution in [0.4, 0.5) is 0 Å². The Morgan fingerprint density at radius 2 is 1.75 bits per heavy atom. The molecule has 2 aliphatic carbocycles. The maximum Gasteiger partial charge on any atom is 0.191 e. The highest BCUT2D eigenvalue weighted by atomic mass is 127. The van der Waals surface area contributed by atoms with Gasteiger partial charge >= 0.3 is 0 Å². The summed E-state index contributed by atoms with van der Waals surface area (Å²) in [6.45, 7) is 6.66. The fourth-order valence-corrected chi connectivity index (χ4v) is 4.16. The molecule has 0 aromatic carbocycles. The van der Waals surface area contributed by atoms with E-state index in [9.17, 15) is 0 Å². The van der Waals surface area contributed by atoms with Crippen LogP contribution in [0.2, 0.25) is 0 Å². The molecule has 0 aromatic heterocycles. The first-order valence-electron chi connectivity index (χ1n) is 11.4. The highest BCUT2D eigenvalue weighted by Crippen LogP contribution is 2.44. The fraction of sp³-hybridized carbons (Fsp3) is 0.955. The highest BCUT2D eigenvalue weighted by Gasteiger charge is 2.36. The first-order chi connectivity index (χ1) is 13.3. The third-order valence-corrected chi connectivity index (χ3v) is 6.19. The molecule has 0 spiro atoms. The van der Waals surface area contributed by atoms with Crippen molar-refractivity contribution in [3.05, 3.63) is 0 Å². The zero-order valence-corrected chi connectivity index (χ0v) is 20.6. The zero-order chi connectivity index (χ0) is 19.2. The smallest absolute Gasteiger partial charge is 0.191 e. The number of ether oxygens (including phenoxy) is 2. The molecule has 2 N–H and O–H groups in total. The number of hydrogen-bond donors (Lipinski definition) is 2. The highest BCUT2D eigenvalue weighted by molar-refractivity contribution is 14.0. The normalized spacial score (nSPS) is 20.0. The molecule has 0 aromatic rings. The van der Waals surface area contributed by atoms with Gasteiger partial charge in [0.25, 0.3) is 0 Å². The summed E-state index contributed by atoms with van der Waals surface area (Å²) < 4.78 is 11.4. The molecule has 0 saturated heterocycles. The number of rotatable bonds is 12. The Labute approximate surface area is 190 Å². The molecule has 2 aliphatic rings. The summed E-state index contributed by atoms with van der Waals surface area (Å²) in [5, 5.41) is 6.88. The van der Waals surface area contributed by atoms with E-state index < -0.39 is 0 Å². The number of nitrogens with one attached hydrogen (secondary N) is 2. The number of aliphatic imine (C=N–C) groups is 1. The largest absolute Gasteiger partial charge is 0.385 e. The second-order valence-electron chi connectivity index (χ2n) is 8.41. The molecule has 0 radical (unpaired) electrons. The van der Waals surface area contributed by atoms with E-state index in [0.29, 0.717) is 11.5 Å². The van der Waals surface area contributed by atoms with Gasteiger partial charge in [-0.2, -0.15) is 0 Å². The minimum Gasteiger partial charge on any atom is -0.385 e. The molecular weight excluding hydrogens is 465 g/mol. The SMILES string of the molecule is CCNC(=NCC1(CCOC)CCC1)NCCCCOC1CCCCCC1.I. The number of unbranched alkanes of at least 4 members (excludes halogenated alkanes) is 1. The maximum absolute atomic E-state index is 6.08. The van der Waals surface area contributed by atoms with Crippen LogP contribution < -0.4 is 10.6 Å². The number of halogens is 1. The summed E-state index contributed by atoms with van der Waals surface area (Å²) in [6.07, 6.45) is 15.8. The van der Waals surface area contributed by atoms with E-state index in [1.165, 1.54) is 57.8 Å². The van der Waals surface area contributed by atoms with Crippen molar-refractivity contribution in [3.63, 3.8) is 0 Å². The monoisotopic (exact) mass is 509 g/mol. The molecule has 2 rings (SSSR count). The summed E-state index contributed by atoms with van der Waals surface area (Å²) in [7, 11) is 1.79. The van der Waals surface area contributed by atoms with Gasteiger partial charge in [-0.05, 0) is 57.3 Å². The Morgan fingerprint density at radius 3 is 2.36 bits per heavy atom. The van der Waals surface area contributed by atoms with Crippen molar-refractivity contribution in [2.45, 2.75) is 90.1 Å². The third-order valence-electron chi connectivity index (χ3n) is 6.19. The van der Waals surface area contributed by atoms with Crippen molar-refractivity contribution in [2.75, 3.05) is 40.0 Å². The third kappa shape index (κ3) is 10.1. The van der Waals surface area contributed by atoms with Crippen molar-refractivity contribution >= 4 is 29.9 Å². The van der Waals surface area contributed by atoms with Gasteiger partial charge in [-0.15, -0.1) is 24.0 Å². The van der Waals surface area contributed by atoms with Gasteiger partial charge in [0.15, 0.2) is 5.96 Å². The Kier molecular flexibility index (Phi) is 14.6. The first kappa shape index (κ1) is 26.0. The van der Waals surface area contributed by atoms with Crippen molar-refractivity contribution in [2.24, 2.45) is 10.4 Å². The molecular formula is C22H44IN3O2. The molecule has 5 nitrogen and oxygen atoms in total. The van der Waals surface area contributed by atoms with Gasteiger partial charge in [-0.3, -0.25) is 4.99 Å². The van der Waals surface area contributed by atoms with Crippen molar-refractivity contribution in [3.8, 4) is 0 Å². The summed E-state index contributed by atoms with van der Waals surface area (Å²) in [5.41, 5.74) is 0.380. The fourth-order valence-electron chi connectivity index (χ4n) is 4.16. The van der Waals surface area contributed by atoms with Crippen molar-refractivity contribution in [1.82, 2.24) is 10.6 Å². The van der Waals surface area contributed by atoms with Gasteiger partial charge in [-0.1, -0.05) is 32.1 Å². The van der Waals surface area contributed by atoms with Crippen LogP contribution in [0, 0.1) is 5.41 Å². The molecule has 0 atom stereocenters. The van der Waals surface area contributed by atoms with E-state index in [0.717, 1.165) is 58.1 Å². The Balaban J connectivity index is 0.00000392. The number of hydrogen-bond acceptors (Lipinski definition) is 3. The van der Waals surface area contributed by atoms with E-state index in [2.05, 4.69) is 17.6 Å². The van der Waals surface area contributed by atoms with Gasteiger partial charge < -0.3 is 20.1 Å². The molecule has 2 saturated carbocycles. The van der Waals surface area contributed by atoms with Crippen LogP contribution in [-0.4, -0.2) is 52.0 Å². The molecule has 166 valence electrons. The first-order valence-corrected chi connectivity index (χ1v) is 11.4. The number of methoxy groups -OCH3 is 1. The van der Waals surface area contributed by atoms with Gasteiger partial charge in [0.2, 0.25) is 0 Å². The maximum atomic E-state index is 6.08. The average Bonchev–Trinajstić information content (AvgIpc) is 2.92. The molecule has 0 unspecified atom stereocenters. The van der Waals surface area contributed by atoms with E-state index in [4.69, 9.17) is 14.5 Å². The summed E-state index contributed by atoms with van der Waals surface area (Å²) in [4.78, 5) is 4.87. The summed E-state index contributed by atoms with van der Waals surface area (Å²) in [6, 6.07) is 0. The molecule has 0 aliphatic heterocycles. The van der Waals surface area contributed by atoms with Gasteiger partial charge in [-0.25, -0.2) is 0 Å². The Bertz CT molecular complexity index is 409. The number of nitrogens with zero attached hydrogens (tertiary/aromatic N) is 1. The lowest BCUT2D eigenvalue weighted by molar-refractivity contribution is 0.0411. The second kappa shape index (κ2) is 15.7. The molecule has 2 fully saturated rings. The van der Waals surface area contributed by atoms with E-state index in [-0.39, 0.29) is 24.0 Å². The van der Waals surface area contributed by atoms with Crippen LogP contribution in [0.25, 0.3) is 0 Å². The van der Waals surface area contributed by atoms with Crippen LogP contribution in [0.3, 0.4) is 0 Å². The van der Waals surface area contributed by atoms with E-state index >= 15 is 0 Å². The Hall–Kier alpha value is -0.0800. The van der Waals surface area contributed by atoms with E-state index in [1.54, 1.807) is 7.11 Å². The van der Waals surface area contributed by atoms with Crippen LogP contribution in [0.1, 0.15) is 84.0 Å². The molecule has 0 bridgehead atoms. The van der Waals surface area contributed by atoms with Crippen LogP contribution >= 0.6 is 24.0 Å². The summed E-state index contributed by atoms with van der Waals surface area (Å²) in [5.74, 6) is 0.964. The average molecular weight is 510 g/mol. The second-order valence-corrected chi connectivity index (χ2v) is 8.41. The van der Waals surface area contributed by atoms with Gasteiger partial charge in [0.05, 0.1) is 6.10 Å². The predicted molar refractivity (Wildman–Crippen MR) is 129 cm³/mol. The molecule has 6 heteroatoms. The predicted octanol–water partition coefficient (Wildman–Crippen LogP) is 4.89. The van der Waals surface area contributed by atoms with Crippen LogP contribution in [-0.2, 0) is 9.47 Å². The minimum atomic E-state index is 0. The van der Waals surface area contributed by atoms with Gasteiger partial charge in [0.1, 0.15) is 0 Å². The quantitative estimate of drug-likeness (QED) is 0.129. The molecule has 0 amide bonds. The Morgan fingerprint density at radius 1 is 1.00 bits per heavy atom. The van der Waals surface area contributed by atoms with E-state index in [1.807, 2.05) is 0 Å². The number of guanidine groups is 1. The zero-order valence-electron chi connectivity index (χ0n) is 18.3. The molecule has 28 heavy (non-hydrogen) atoms. The van der Waals surface area contributed by atoms with Crippen LogP contribution in [0.5, 0.6) is 0 Å². The lowest BCUT2D eigenvalue weighted by Crippen LogP contribution is -2.40. The van der Waals surface area contributed by atoms with Crippen molar-refractivity contribution < 1.29 is 9.47 Å². The van der Waals surface area contributed by atoms with Crippen LogP contribution in [0.15, 0.2) is 4.99 Å². The van der Waals surface area contributed by atoms with Gasteiger partial charge in [0, 0.05) is 40.0 Å². The lowest BCUT2D eigenvalue weighted by atomic mass is 9.67. The topological polar surface area (TPSA) is 54.9 Å². The minimum absolute atomic E-state index is 0. The molecule has 0 heterocycles.